The summed E-state index contributed by atoms with van der Waals surface area (Å²) < 4.78 is 13.4. The van der Waals surface area contributed by atoms with Gasteiger partial charge in [-0.3, -0.25) is 9.80 Å². The monoisotopic (exact) mass is 384 g/mol. The van der Waals surface area contributed by atoms with Crippen LogP contribution in [0.4, 0.5) is 4.39 Å². The average molecular weight is 385 g/mol. The van der Waals surface area contributed by atoms with Gasteiger partial charge in [0.15, 0.2) is 5.16 Å². The Morgan fingerprint density at radius 2 is 1.78 bits per heavy atom. The summed E-state index contributed by atoms with van der Waals surface area (Å²) in [6.07, 6.45) is 8.55. The molecule has 1 aromatic heterocycles. The number of halogens is 1. The van der Waals surface area contributed by atoms with E-state index in [0.29, 0.717) is 18.0 Å². The van der Waals surface area contributed by atoms with Crippen molar-refractivity contribution >= 4 is 11.8 Å². The van der Waals surface area contributed by atoms with Crippen LogP contribution in [0.5, 0.6) is 0 Å². The number of thioether (sulfide) groups is 1. The number of nitrogens with zero attached hydrogens (tertiary/aromatic N) is 4. The van der Waals surface area contributed by atoms with E-state index in [9.17, 15) is 4.39 Å². The molecule has 3 atom stereocenters. The number of fused-ring (bicyclic) bond motifs is 2. The molecule has 4 aliphatic rings. The molecule has 1 aromatic carbocycles. The summed E-state index contributed by atoms with van der Waals surface area (Å²) in [5.41, 5.74) is 2.46. The molecule has 0 unspecified atom stereocenters. The predicted molar refractivity (Wildman–Crippen MR) is 105 cm³/mol. The van der Waals surface area contributed by atoms with Crippen LogP contribution in [0.15, 0.2) is 41.8 Å². The van der Waals surface area contributed by atoms with Crippen molar-refractivity contribution in [3.8, 4) is 0 Å². The maximum Gasteiger partial charge on any atom is 0.187 e. The summed E-state index contributed by atoms with van der Waals surface area (Å²) in [4.78, 5) is 14.2. The zero-order chi connectivity index (χ0) is 18.4. The Balaban J connectivity index is 1.43. The number of aromatic nitrogens is 2. The predicted octanol–water partition coefficient (Wildman–Crippen LogP) is 3.40. The van der Waals surface area contributed by atoms with Gasteiger partial charge in [0, 0.05) is 49.0 Å². The SMILES string of the molecule is CSc1ncc(CN2C[C@@H](c3ccc(F)cc3)[C@@H]3[C@H]2C2CCN3CC2)cn1. The number of likely N-dealkylation sites (tertiary alicyclic amines) is 1. The molecular weight excluding hydrogens is 359 g/mol. The van der Waals surface area contributed by atoms with Crippen molar-refractivity contribution in [2.75, 3.05) is 25.9 Å². The van der Waals surface area contributed by atoms with Crippen molar-refractivity contribution in [3.63, 3.8) is 0 Å². The zero-order valence-electron chi connectivity index (χ0n) is 15.6. The fraction of sp³-hybridized carbons (Fsp3) is 0.524. The third-order valence-corrected chi connectivity index (χ3v) is 7.22. The van der Waals surface area contributed by atoms with Gasteiger partial charge in [0.1, 0.15) is 5.82 Å². The van der Waals surface area contributed by atoms with Crippen LogP contribution in [0.25, 0.3) is 0 Å². The molecule has 6 heteroatoms. The van der Waals surface area contributed by atoms with Gasteiger partial charge >= 0.3 is 0 Å². The minimum atomic E-state index is -0.151. The standard InChI is InChI=1S/C21H25FN4S/c1-27-21-23-10-14(11-24-21)12-26-13-18(15-2-4-17(22)5-3-15)20-19(26)16-6-8-25(20)9-7-16/h2-5,10-11,16,18-20H,6-9,12-13H2,1H3/t18-,19+,20+/m0/s1. The van der Waals surface area contributed by atoms with Gasteiger partial charge in [0.05, 0.1) is 0 Å². The number of hydrogen-bond acceptors (Lipinski definition) is 5. The van der Waals surface area contributed by atoms with Gasteiger partial charge in [-0.25, -0.2) is 14.4 Å². The average Bonchev–Trinajstić information content (AvgIpc) is 3.11. The van der Waals surface area contributed by atoms with E-state index in [4.69, 9.17) is 0 Å². The molecule has 2 bridgehead atoms. The molecule has 0 radical (unpaired) electrons. The Hall–Kier alpha value is -1.50. The largest absolute Gasteiger partial charge is 0.298 e. The molecule has 27 heavy (non-hydrogen) atoms. The molecule has 6 rings (SSSR count). The van der Waals surface area contributed by atoms with Crippen LogP contribution in [0, 0.1) is 11.7 Å². The molecular formula is C21H25FN4S. The first-order chi connectivity index (χ1) is 13.2. The highest BCUT2D eigenvalue weighted by atomic mass is 32.2. The number of piperidine rings is 3. The van der Waals surface area contributed by atoms with Crippen LogP contribution in [0.2, 0.25) is 0 Å². The number of rotatable bonds is 4. The van der Waals surface area contributed by atoms with E-state index in [2.05, 4.69) is 19.8 Å². The van der Waals surface area contributed by atoms with Gasteiger partial charge in [-0.1, -0.05) is 23.9 Å². The molecule has 0 spiro atoms. The normalized spacial score (nSPS) is 32.6. The van der Waals surface area contributed by atoms with Gasteiger partial charge in [-0.05, 0) is 55.8 Å². The first-order valence-corrected chi connectivity index (χ1v) is 11.0. The molecule has 5 heterocycles. The second-order valence-corrected chi connectivity index (χ2v) is 8.79. The molecule has 142 valence electrons. The van der Waals surface area contributed by atoms with E-state index in [-0.39, 0.29) is 5.82 Å². The number of hydrogen-bond donors (Lipinski definition) is 0. The van der Waals surface area contributed by atoms with Crippen molar-refractivity contribution < 1.29 is 4.39 Å². The summed E-state index contributed by atoms with van der Waals surface area (Å²) in [5.74, 6) is 1.07. The lowest BCUT2D eigenvalue weighted by Gasteiger charge is -2.51. The fourth-order valence-electron chi connectivity index (χ4n) is 5.49. The lowest BCUT2D eigenvalue weighted by Crippen LogP contribution is -2.59. The van der Waals surface area contributed by atoms with Gasteiger partial charge in [-0.15, -0.1) is 0 Å². The molecule has 2 aromatic rings. The van der Waals surface area contributed by atoms with Crippen LogP contribution < -0.4 is 0 Å². The van der Waals surface area contributed by atoms with Gasteiger partial charge in [0.2, 0.25) is 0 Å². The van der Waals surface area contributed by atoms with Crippen LogP contribution in [0.3, 0.4) is 0 Å². The van der Waals surface area contributed by atoms with Crippen LogP contribution >= 0.6 is 11.8 Å². The molecule has 0 N–H and O–H groups in total. The molecule has 4 aliphatic heterocycles. The topological polar surface area (TPSA) is 32.3 Å². The maximum atomic E-state index is 13.4. The van der Waals surface area contributed by atoms with E-state index in [1.54, 1.807) is 23.9 Å². The van der Waals surface area contributed by atoms with Crippen LogP contribution in [-0.4, -0.2) is 57.7 Å². The van der Waals surface area contributed by atoms with Crippen molar-refractivity contribution in [2.45, 2.75) is 42.5 Å². The Bertz CT molecular complexity index is 789. The third kappa shape index (κ3) is 3.18. The minimum Gasteiger partial charge on any atom is -0.298 e. The smallest absolute Gasteiger partial charge is 0.187 e. The van der Waals surface area contributed by atoms with Gasteiger partial charge in [0.25, 0.3) is 0 Å². The second-order valence-electron chi connectivity index (χ2n) is 8.02. The molecule has 0 aliphatic carbocycles. The molecule has 4 saturated heterocycles. The minimum absolute atomic E-state index is 0.151. The Morgan fingerprint density at radius 3 is 2.44 bits per heavy atom. The zero-order valence-corrected chi connectivity index (χ0v) is 16.4. The van der Waals surface area contributed by atoms with E-state index in [1.807, 2.05) is 30.8 Å². The summed E-state index contributed by atoms with van der Waals surface area (Å²) in [6.45, 7) is 4.35. The van der Waals surface area contributed by atoms with Crippen LogP contribution in [0.1, 0.15) is 29.9 Å². The highest BCUT2D eigenvalue weighted by Crippen LogP contribution is 2.46. The van der Waals surface area contributed by atoms with E-state index in [1.165, 1.54) is 37.1 Å². The van der Waals surface area contributed by atoms with E-state index in [0.717, 1.165) is 24.2 Å². The fourth-order valence-corrected chi connectivity index (χ4v) is 5.81. The molecule has 0 amide bonds. The molecule has 4 nitrogen and oxygen atoms in total. The Labute approximate surface area is 164 Å². The maximum absolute atomic E-state index is 13.4. The number of benzene rings is 1. The lowest BCUT2D eigenvalue weighted by atomic mass is 9.75. The van der Waals surface area contributed by atoms with Crippen LogP contribution in [-0.2, 0) is 6.54 Å². The molecule has 4 fully saturated rings. The second kappa shape index (κ2) is 7.15. The van der Waals surface area contributed by atoms with Crippen molar-refractivity contribution in [1.29, 1.82) is 0 Å². The van der Waals surface area contributed by atoms with Crippen molar-refractivity contribution in [2.24, 2.45) is 5.92 Å². The Morgan fingerprint density at radius 1 is 1.07 bits per heavy atom. The van der Waals surface area contributed by atoms with E-state index < -0.39 is 0 Å². The van der Waals surface area contributed by atoms with Crippen molar-refractivity contribution in [3.05, 3.63) is 53.6 Å². The third-order valence-electron chi connectivity index (χ3n) is 6.64. The van der Waals surface area contributed by atoms with Gasteiger partial charge < -0.3 is 0 Å². The first-order valence-electron chi connectivity index (χ1n) is 9.81. The van der Waals surface area contributed by atoms with Crippen molar-refractivity contribution in [1.82, 2.24) is 19.8 Å². The lowest BCUT2D eigenvalue weighted by molar-refractivity contribution is -0.00874. The highest BCUT2D eigenvalue weighted by molar-refractivity contribution is 7.98. The summed E-state index contributed by atoms with van der Waals surface area (Å²) >= 11 is 1.57. The van der Waals surface area contributed by atoms with E-state index >= 15 is 0 Å². The van der Waals surface area contributed by atoms with Gasteiger partial charge in [-0.2, -0.15) is 0 Å². The quantitative estimate of drug-likeness (QED) is 0.596. The summed E-state index contributed by atoms with van der Waals surface area (Å²) in [6, 6.07) is 8.33. The molecule has 0 saturated carbocycles. The summed E-state index contributed by atoms with van der Waals surface area (Å²) in [7, 11) is 0. The summed E-state index contributed by atoms with van der Waals surface area (Å²) in [5, 5.41) is 0.824. The highest BCUT2D eigenvalue weighted by Gasteiger charge is 2.53. The first kappa shape index (κ1) is 17.6. The Kier molecular flexibility index (Phi) is 4.66.